The Morgan fingerprint density at radius 3 is 2.50 bits per heavy atom. The predicted molar refractivity (Wildman–Crippen MR) is 77.1 cm³/mol. The molecule has 4 nitrogen and oxygen atoms in total. The van der Waals surface area contributed by atoms with Gasteiger partial charge in [-0.25, -0.2) is 0 Å². The molecule has 112 valence electrons. The fourth-order valence-electron chi connectivity index (χ4n) is 3.94. The molecule has 0 aromatic heterocycles. The zero-order valence-electron chi connectivity index (χ0n) is 12.7. The molecule has 0 spiro atoms. The van der Waals surface area contributed by atoms with Gasteiger partial charge in [0.25, 0.3) is 0 Å². The van der Waals surface area contributed by atoms with Gasteiger partial charge in [0.05, 0.1) is 0 Å². The standard InChI is InChI=1S/C16H26N2O2/c1-3-12(10-11-7-8-11)18-13(4-2)15(19)17-9-5-6-14(17)16(18)20/h11-14H,3-10H2,1-2H3. The fourth-order valence-corrected chi connectivity index (χ4v) is 3.94. The minimum atomic E-state index is -0.208. The number of rotatable bonds is 5. The molecule has 0 aromatic carbocycles. The maximum absolute atomic E-state index is 12.9. The van der Waals surface area contributed by atoms with Crippen LogP contribution in [0.1, 0.15) is 58.8 Å². The van der Waals surface area contributed by atoms with Gasteiger partial charge in [0.2, 0.25) is 11.8 Å². The molecule has 3 atom stereocenters. The molecule has 3 unspecified atom stereocenters. The second-order valence-corrected chi connectivity index (χ2v) is 6.60. The number of nitrogens with zero attached hydrogens (tertiary/aromatic N) is 2. The third-order valence-corrected chi connectivity index (χ3v) is 5.25. The van der Waals surface area contributed by atoms with Crippen LogP contribution in [0.5, 0.6) is 0 Å². The largest absolute Gasteiger partial charge is 0.329 e. The van der Waals surface area contributed by atoms with Gasteiger partial charge in [-0.3, -0.25) is 9.59 Å². The van der Waals surface area contributed by atoms with E-state index in [2.05, 4.69) is 6.92 Å². The molecule has 0 bridgehead atoms. The lowest BCUT2D eigenvalue weighted by Crippen LogP contribution is -2.65. The number of amides is 2. The number of carbonyl (C=O) groups excluding carboxylic acids is 2. The highest BCUT2D eigenvalue weighted by atomic mass is 16.2. The molecule has 3 fully saturated rings. The molecular formula is C16H26N2O2. The van der Waals surface area contributed by atoms with Crippen molar-refractivity contribution in [3.8, 4) is 0 Å². The molecular weight excluding hydrogens is 252 g/mol. The van der Waals surface area contributed by atoms with Gasteiger partial charge < -0.3 is 9.80 Å². The van der Waals surface area contributed by atoms with Crippen LogP contribution >= 0.6 is 0 Å². The topological polar surface area (TPSA) is 40.6 Å². The third-order valence-electron chi connectivity index (χ3n) is 5.25. The first-order valence-corrected chi connectivity index (χ1v) is 8.30. The summed E-state index contributed by atoms with van der Waals surface area (Å²) in [4.78, 5) is 29.3. The molecule has 2 heterocycles. The van der Waals surface area contributed by atoms with Crippen LogP contribution in [-0.2, 0) is 9.59 Å². The molecule has 1 aliphatic carbocycles. The molecule has 0 N–H and O–H groups in total. The summed E-state index contributed by atoms with van der Waals surface area (Å²) in [5.74, 6) is 1.22. The first kappa shape index (κ1) is 13.9. The van der Waals surface area contributed by atoms with E-state index in [1.807, 2.05) is 16.7 Å². The van der Waals surface area contributed by atoms with Gasteiger partial charge in [0, 0.05) is 12.6 Å². The van der Waals surface area contributed by atoms with Crippen molar-refractivity contribution < 1.29 is 9.59 Å². The number of hydrogen-bond acceptors (Lipinski definition) is 2. The van der Waals surface area contributed by atoms with Gasteiger partial charge in [0.15, 0.2) is 0 Å². The lowest BCUT2D eigenvalue weighted by atomic mass is 9.96. The summed E-state index contributed by atoms with van der Waals surface area (Å²) in [6.45, 7) is 4.96. The van der Waals surface area contributed by atoms with Crippen molar-refractivity contribution in [2.75, 3.05) is 6.54 Å². The van der Waals surface area contributed by atoms with E-state index in [1.54, 1.807) is 0 Å². The Bertz CT molecular complexity index is 405. The number of fused-ring (bicyclic) bond motifs is 1. The molecule has 0 radical (unpaired) electrons. The van der Waals surface area contributed by atoms with Crippen LogP contribution in [0.2, 0.25) is 0 Å². The van der Waals surface area contributed by atoms with Gasteiger partial charge in [-0.1, -0.05) is 26.7 Å². The Kier molecular flexibility index (Phi) is 3.74. The first-order chi connectivity index (χ1) is 9.67. The molecule has 3 rings (SSSR count). The minimum Gasteiger partial charge on any atom is -0.329 e. The van der Waals surface area contributed by atoms with Crippen molar-refractivity contribution in [1.29, 1.82) is 0 Å². The number of carbonyl (C=O) groups is 2. The second-order valence-electron chi connectivity index (χ2n) is 6.60. The van der Waals surface area contributed by atoms with Crippen LogP contribution in [0.25, 0.3) is 0 Å². The smallest absolute Gasteiger partial charge is 0.246 e. The lowest BCUT2D eigenvalue weighted by Gasteiger charge is -2.45. The van der Waals surface area contributed by atoms with E-state index in [9.17, 15) is 9.59 Å². The van der Waals surface area contributed by atoms with Crippen LogP contribution in [-0.4, -0.2) is 46.3 Å². The average molecular weight is 278 g/mol. The summed E-state index contributed by atoms with van der Waals surface area (Å²) in [5.41, 5.74) is 0. The van der Waals surface area contributed by atoms with E-state index in [0.717, 1.165) is 44.6 Å². The fraction of sp³-hybridized carbons (Fsp3) is 0.875. The van der Waals surface area contributed by atoms with Crippen LogP contribution in [0.15, 0.2) is 0 Å². The Labute approximate surface area is 121 Å². The van der Waals surface area contributed by atoms with E-state index in [-0.39, 0.29) is 29.9 Å². The molecule has 2 amide bonds. The zero-order valence-corrected chi connectivity index (χ0v) is 12.7. The third kappa shape index (κ3) is 2.23. The Morgan fingerprint density at radius 2 is 1.90 bits per heavy atom. The second kappa shape index (κ2) is 5.38. The molecule has 4 heteroatoms. The van der Waals surface area contributed by atoms with Crippen molar-refractivity contribution in [2.45, 2.75) is 76.9 Å². The average Bonchev–Trinajstić information content (AvgIpc) is 3.12. The summed E-state index contributed by atoms with van der Waals surface area (Å²) in [6.07, 6.45) is 7.26. The Balaban J connectivity index is 1.84. The monoisotopic (exact) mass is 278 g/mol. The Morgan fingerprint density at radius 1 is 1.15 bits per heavy atom. The summed E-state index contributed by atoms with van der Waals surface area (Å²) in [7, 11) is 0. The molecule has 2 saturated heterocycles. The van der Waals surface area contributed by atoms with Crippen molar-refractivity contribution in [3.05, 3.63) is 0 Å². The molecule has 1 saturated carbocycles. The van der Waals surface area contributed by atoms with Gasteiger partial charge in [0.1, 0.15) is 12.1 Å². The van der Waals surface area contributed by atoms with E-state index in [4.69, 9.17) is 0 Å². The van der Waals surface area contributed by atoms with E-state index < -0.39 is 0 Å². The van der Waals surface area contributed by atoms with E-state index in [0.29, 0.717) is 0 Å². The van der Waals surface area contributed by atoms with Gasteiger partial charge >= 0.3 is 0 Å². The quantitative estimate of drug-likeness (QED) is 0.773. The summed E-state index contributed by atoms with van der Waals surface area (Å²) in [6, 6.07) is -0.0919. The molecule has 20 heavy (non-hydrogen) atoms. The molecule has 2 aliphatic heterocycles. The van der Waals surface area contributed by atoms with Crippen LogP contribution in [0.4, 0.5) is 0 Å². The number of hydrogen-bond donors (Lipinski definition) is 0. The maximum atomic E-state index is 12.9. The zero-order chi connectivity index (χ0) is 14.3. The first-order valence-electron chi connectivity index (χ1n) is 8.30. The summed E-state index contributed by atoms with van der Waals surface area (Å²) < 4.78 is 0. The minimum absolute atomic E-state index is 0.154. The van der Waals surface area contributed by atoms with Gasteiger partial charge in [-0.2, -0.15) is 0 Å². The molecule has 0 aromatic rings. The van der Waals surface area contributed by atoms with Gasteiger partial charge in [-0.05, 0) is 38.0 Å². The van der Waals surface area contributed by atoms with Crippen molar-refractivity contribution in [3.63, 3.8) is 0 Å². The molecule has 3 aliphatic rings. The SMILES string of the molecule is CCC(CC1CC1)N1C(=O)C2CCCN2C(=O)C1CC. The highest BCUT2D eigenvalue weighted by Crippen LogP contribution is 2.38. The number of piperazine rings is 1. The van der Waals surface area contributed by atoms with E-state index >= 15 is 0 Å². The summed E-state index contributed by atoms with van der Waals surface area (Å²) in [5, 5.41) is 0. The summed E-state index contributed by atoms with van der Waals surface area (Å²) >= 11 is 0. The lowest BCUT2D eigenvalue weighted by molar-refractivity contribution is -0.162. The maximum Gasteiger partial charge on any atom is 0.246 e. The van der Waals surface area contributed by atoms with Crippen molar-refractivity contribution in [2.24, 2.45) is 5.92 Å². The highest BCUT2D eigenvalue weighted by Gasteiger charge is 2.49. The normalized spacial score (nSPS) is 31.7. The van der Waals surface area contributed by atoms with Crippen LogP contribution in [0, 0.1) is 5.92 Å². The van der Waals surface area contributed by atoms with Gasteiger partial charge in [-0.15, -0.1) is 0 Å². The van der Waals surface area contributed by atoms with Crippen LogP contribution in [0.3, 0.4) is 0 Å². The Hall–Kier alpha value is -1.06. The van der Waals surface area contributed by atoms with Crippen LogP contribution < -0.4 is 0 Å². The van der Waals surface area contributed by atoms with Crippen molar-refractivity contribution in [1.82, 2.24) is 9.80 Å². The van der Waals surface area contributed by atoms with E-state index in [1.165, 1.54) is 12.8 Å². The predicted octanol–water partition coefficient (Wildman–Crippen LogP) is 2.18. The van der Waals surface area contributed by atoms with Crippen molar-refractivity contribution >= 4 is 11.8 Å². The highest BCUT2D eigenvalue weighted by molar-refractivity contribution is 5.97.